The number of rotatable bonds is 5. The molecule has 0 aliphatic heterocycles. The summed E-state index contributed by atoms with van der Waals surface area (Å²) in [6, 6.07) is 6.50. The van der Waals surface area contributed by atoms with E-state index in [9.17, 15) is 9.59 Å². The van der Waals surface area contributed by atoms with Crippen LogP contribution in [0.5, 0.6) is 5.75 Å². The molecule has 0 spiro atoms. The highest BCUT2D eigenvalue weighted by molar-refractivity contribution is 6.34. The molecule has 0 atom stereocenters. The van der Waals surface area contributed by atoms with E-state index in [2.05, 4.69) is 10.5 Å². The molecular formula is C19H17ClN2O5. The van der Waals surface area contributed by atoms with Gasteiger partial charge in [0.05, 0.1) is 24.2 Å². The van der Waals surface area contributed by atoms with Gasteiger partial charge in [-0.25, -0.2) is 4.79 Å². The third kappa shape index (κ3) is 3.73. The lowest BCUT2D eigenvalue weighted by atomic mass is 10.1. The highest BCUT2D eigenvalue weighted by Crippen LogP contribution is 2.31. The molecule has 0 fully saturated rings. The molecule has 8 heteroatoms. The summed E-state index contributed by atoms with van der Waals surface area (Å²) in [6.45, 7) is 3.87. The number of aromatic nitrogens is 1. The molecule has 0 aliphatic carbocycles. The molecule has 0 aliphatic rings. The third-order valence-corrected chi connectivity index (χ3v) is 4.41. The zero-order valence-corrected chi connectivity index (χ0v) is 15.7. The fourth-order valence-electron chi connectivity index (χ4n) is 2.90. The van der Waals surface area contributed by atoms with Gasteiger partial charge in [0.15, 0.2) is 5.58 Å². The number of hydrogen-bond donors (Lipinski definition) is 2. The highest BCUT2D eigenvalue weighted by Gasteiger charge is 2.18. The van der Waals surface area contributed by atoms with Crippen LogP contribution in [-0.4, -0.2) is 29.2 Å². The number of fused-ring (bicyclic) bond motifs is 1. The lowest BCUT2D eigenvalue weighted by molar-refractivity contribution is -0.115. The first-order valence-electron chi connectivity index (χ1n) is 8.06. The Balaban J connectivity index is 1.86. The van der Waals surface area contributed by atoms with Crippen molar-refractivity contribution < 1.29 is 24.0 Å². The Morgan fingerprint density at radius 1 is 1.26 bits per heavy atom. The minimum atomic E-state index is -1.17. The van der Waals surface area contributed by atoms with Crippen LogP contribution in [0.2, 0.25) is 5.02 Å². The number of carbonyl (C=O) groups excluding carboxylic acids is 1. The first-order chi connectivity index (χ1) is 12.8. The number of nitrogens with zero attached hydrogens (tertiary/aromatic N) is 1. The SMILES string of the molecule is COc1cc(NC(=O)Cc2noc3c(C)cc(C)cc23)c(Cl)cc1C(=O)O. The average Bonchev–Trinajstić information content (AvgIpc) is 2.99. The Morgan fingerprint density at radius 2 is 2.00 bits per heavy atom. The quantitative estimate of drug-likeness (QED) is 0.685. The third-order valence-electron chi connectivity index (χ3n) is 4.10. The van der Waals surface area contributed by atoms with Crippen molar-refractivity contribution in [1.82, 2.24) is 5.16 Å². The van der Waals surface area contributed by atoms with E-state index in [0.29, 0.717) is 11.3 Å². The van der Waals surface area contributed by atoms with Crippen molar-refractivity contribution >= 4 is 40.1 Å². The van der Waals surface area contributed by atoms with Crippen LogP contribution in [0.25, 0.3) is 11.0 Å². The van der Waals surface area contributed by atoms with Crippen LogP contribution in [0.1, 0.15) is 27.2 Å². The maximum Gasteiger partial charge on any atom is 0.339 e. The number of amides is 1. The number of nitrogens with one attached hydrogen (secondary N) is 1. The summed E-state index contributed by atoms with van der Waals surface area (Å²) < 4.78 is 10.4. The second-order valence-electron chi connectivity index (χ2n) is 6.15. The van der Waals surface area contributed by atoms with Gasteiger partial charge in [0.25, 0.3) is 0 Å². The summed E-state index contributed by atoms with van der Waals surface area (Å²) in [7, 11) is 1.34. The number of anilines is 1. The minimum Gasteiger partial charge on any atom is -0.496 e. The lowest BCUT2D eigenvalue weighted by Crippen LogP contribution is -2.15. The van der Waals surface area contributed by atoms with Crippen LogP contribution in [-0.2, 0) is 11.2 Å². The molecule has 3 aromatic rings. The number of ether oxygens (including phenoxy) is 1. The zero-order valence-electron chi connectivity index (χ0n) is 14.9. The Morgan fingerprint density at radius 3 is 2.67 bits per heavy atom. The maximum atomic E-state index is 12.5. The average molecular weight is 389 g/mol. The summed E-state index contributed by atoms with van der Waals surface area (Å²) in [5.41, 5.74) is 3.31. The molecule has 0 saturated carbocycles. The largest absolute Gasteiger partial charge is 0.496 e. The van der Waals surface area contributed by atoms with E-state index in [-0.39, 0.29) is 34.4 Å². The maximum absolute atomic E-state index is 12.5. The molecule has 0 saturated heterocycles. The number of carboxylic acids is 1. The number of benzene rings is 2. The van der Waals surface area contributed by atoms with E-state index in [4.69, 9.17) is 26.0 Å². The number of carbonyl (C=O) groups is 2. The molecule has 0 unspecified atom stereocenters. The number of aryl methyl sites for hydroxylation is 2. The normalized spacial score (nSPS) is 10.8. The fraction of sp³-hybridized carbons (Fsp3) is 0.211. The predicted octanol–water partition coefficient (Wildman–Crippen LogP) is 3.99. The summed E-state index contributed by atoms with van der Waals surface area (Å²) in [6.07, 6.45) is -0.0186. The van der Waals surface area contributed by atoms with E-state index < -0.39 is 5.97 Å². The Hall–Kier alpha value is -3.06. The van der Waals surface area contributed by atoms with Crippen LogP contribution >= 0.6 is 11.6 Å². The first kappa shape index (κ1) is 18.7. The van der Waals surface area contributed by atoms with Gasteiger partial charge < -0.3 is 19.7 Å². The summed E-state index contributed by atoms with van der Waals surface area (Å²) in [5.74, 6) is -1.44. The Bertz CT molecular complexity index is 1060. The van der Waals surface area contributed by atoms with Gasteiger partial charge in [0.1, 0.15) is 17.0 Å². The number of halogens is 1. The van der Waals surface area contributed by atoms with E-state index >= 15 is 0 Å². The molecule has 7 nitrogen and oxygen atoms in total. The fourth-order valence-corrected chi connectivity index (χ4v) is 3.11. The van der Waals surface area contributed by atoms with E-state index in [1.807, 2.05) is 26.0 Å². The number of methoxy groups -OCH3 is 1. The Kier molecular flexibility index (Phi) is 5.05. The summed E-state index contributed by atoms with van der Waals surface area (Å²) >= 11 is 6.10. The van der Waals surface area contributed by atoms with Crippen LogP contribution in [0, 0.1) is 13.8 Å². The minimum absolute atomic E-state index is 0.0186. The van der Waals surface area contributed by atoms with Crippen molar-refractivity contribution in [1.29, 1.82) is 0 Å². The van der Waals surface area contributed by atoms with Crippen molar-refractivity contribution in [3.05, 3.63) is 51.7 Å². The zero-order chi connectivity index (χ0) is 19.7. The molecule has 140 valence electrons. The van der Waals surface area contributed by atoms with E-state index in [1.165, 1.54) is 19.2 Å². The molecule has 27 heavy (non-hydrogen) atoms. The molecule has 2 aromatic carbocycles. The van der Waals surface area contributed by atoms with Gasteiger partial charge in [0, 0.05) is 11.5 Å². The van der Waals surface area contributed by atoms with Gasteiger partial charge in [-0.3, -0.25) is 4.79 Å². The molecule has 1 heterocycles. The van der Waals surface area contributed by atoms with Crippen LogP contribution in [0.15, 0.2) is 28.8 Å². The van der Waals surface area contributed by atoms with Crippen molar-refractivity contribution in [2.24, 2.45) is 0 Å². The van der Waals surface area contributed by atoms with Gasteiger partial charge in [-0.2, -0.15) is 0 Å². The van der Waals surface area contributed by atoms with Gasteiger partial charge in [-0.1, -0.05) is 22.8 Å². The molecular weight excluding hydrogens is 372 g/mol. The van der Waals surface area contributed by atoms with E-state index in [0.717, 1.165) is 16.5 Å². The van der Waals surface area contributed by atoms with Gasteiger partial charge >= 0.3 is 5.97 Å². The highest BCUT2D eigenvalue weighted by atomic mass is 35.5. The standard InChI is InChI=1S/C19H17ClN2O5/c1-9-4-10(2)18-11(5-9)14(22-27-18)8-17(23)21-15-7-16(26-3)12(19(24)25)6-13(15)20/h4-7H,8H2,1-3H3,(H,21,23)(H,24,25). The van der Waals surface area contributed by atoms with Crippen molar-refractivity contribution in [2.45, 2.75) is 20.3 Å². The molecule has 1 amide bonds. The van der Waals surface area contributed by atoms with Crippen molar-refractivity contribution in [3.8, 4) is 5.75 Å². The summed E-state index contributed by atoms with van der Waals surface area (Å²) in [5, 5.41) is 16.7. The molecule has 0 radical (unpaired) electrons. The molecule has 0 bridgehead atoms. The van der Waals surface area contributed by atoms with E-state index in [1.54, 1.807) is 0 Å². The first-order valence-corrected chi connectivity index (χ1v) is 8.44. The van der Waals surface area contributed by atoms with Crippen LogP contribution in [0.3, 0.4) is 0 Å². The second kappa shape index (κ2) is 7.28. The van der Waals surface area contributed by atoms with Gasteiger partial charge in [-0.15, -0.1) is 0 Å². The van der Waals surface area contributed by atoms with Gasteiger partial charge in [-0.05, 0) is 37.1 Å². The molecule has 3 rings (SSSR count). The Labute approximate surface area is 159 Å². The van der Waals surface area contributed by atoms with Crippen LogP contribution in [0.4, 0.5) is 5.69 Å². The van der Waals surface area contributed by atoms with Gasteiger partial charge in [0.2, 0.25) is 5.91 Å². The van der Waals surface area contributed by atoms with Crippen LogP contribution < -0.4 is 10.1 Å². The van der Waals surface area contributed by atoms with Crippen molar-refractivity contribution in [2.75, 3.05) is 12.4 Å². The summed E-state index contributed by atoms with van der Waals surface area (Å²) in [4.78, 5) is 23.7. The predicted molar refractivity (Wildman–Crippen MR) is 101 cm³/mol. The number of carboxylic acid groups (broad SMARTS) is 1. The monoisotopic (exact) mass is 388 g/mol. The lowest BCUT2D eigenvalue weighted by Gasteiger charge is -2.11. The number of aromatic carboxylic acids is 1. The topological polar surface area (TPSA) is 102 Å². The second-order valence-corrected chi connectivity index (χ2v) is 6.56. The number of hydrogen-bond acceptors (Lipinski definition) is 5. The smallest absolute Gasteiger partial charge is 0.339 e. The molecule has 2 N–H and O–H groups in total. The molecule has 1 aromatic heterocycles. The van der Waals surface area contributed by atoms with Crippen molar-refractivity contribution in [3.63, 3.8) is 0 Å².